The first-order valence-electron chi connectivity index (χ1n) is 1.05. The van der Waals surface area contributed by atoms with Gasteiger partial charge in [0.15, 0.2) is 0 Å². The van der Waals surface area contributed by atoms with Crippen molar-refractivity contribution in [1.82, 2.24) is 5.73 Å². The average molecular weight is 60.1 g/mol. The van der Waals surface area contributed by atoms with E-state index < -0.39 is 0 Å². The van der Waals surface area contributed by atoms with Crippen LogP contribution in [0.3, 0.4) is 0 Å². The predicted octanol–water partition coefficient (Wildman–Crippen LogP) is -0.127. The first-order chi connectivity index (χ1) is 1.91. The lowest BCUT2D eigenvalue weighted by Crippen LogP contribution is -1.82. The van der Waals surface area contributed by atoms with Crippen molar-refractivity contribution in [2.24, 2.45) is 0 Å². The summed E-state index contributed by atoms with van der Waals surface area (Å²) in [5, 5.41) is 0. The molecule has 0 atom stereocenters. The Bertz CT molecular complexity index is 8.00. The van der Waals surface area contributed by atoms with Gasteiger partial charge in [-0.1, -0.05) is 0 Å². The molecule has 0 bridgehead atoms. The summed E-state index contributed by atoms with van der Waals surface area (Å²) in [5.74, 6) is 0. The van der Waals surface area contributed by atoms with E-state index >= 15 is 0 Å². The van der Waals surface area contributed by atoms with Gasteiger partial charge >= 0.3 is 0 Å². The standard InChI is InChI=1S/C2H6NO/c1-4-2-3/h3H,2H2,1H3. The van der Waals surface area contributed by atoms with Gasteiger partial charge in [-0.25, -0.2) is 5.73 Å². The lowest BCUT2D eigenvalue weighted by atomic mass is 11.3. The molecular weight excluding hydrogens is 54.0 g/mol. The Kier molecular flexibility index (Phi) is 2.86. The van der Waals surface area contributed by atoms with Crippen LogP contribution in [0.2, 0.25) is 0 Å². The monoisotopic (exact) mass is 60.0 g/mol. The molecule has 0 saturated carbocycles. The molecule has 0 aromatic rings. The third kappa shape index (κ3) is 1.92. The van der Waals surface area contributed by atoms with E-state index in [9.17, 15) is 0 Å². The summed E-state index contributed by atoms with van der Waals surface area (Å²) >= 11 is 0. The molecule has 2 heteroatoms. The minimum atomic E-state index is 0.0694. The summed E-state index contributed by atoms with van der Waals surface area (Å²) in [5.41, 5.74) is 6.23. The van der Waals surface area contributed by atoms with Crippen LogP contribution in [0.25, 0.3) is 0 Å². The molecule has 25 valence electrons. The zero-order chi connectivity index (χ0) is 3.41. The number of hydrogen-bond acceptors (Lipinski definition) is 1. The van der Waals surface area contributed by atoms with Crippen LogP contribution >= 0.6 is 0 Å². The Morgan fingerprint density at radius 2 is 2.25 bits per heavy atom. The van der Waals surface area contributed by atoms with Gasteiger partial charge in [0, 0.05) is 7.11 Å². The molecule has 0 unspecified atom stereocenters. The minimum absolute atomic E-state index is 0.0694. The third-order valence-electron chi connectivity index (χ3n) is 0.144. The van der Waals surface area contributed by atoms with Crippen molar-refractivity contribution in [3.63, 3.8) is 0 Å². The van der Waals surface area contributed by atoms with E-state index in [0.717, 1.165) is 0 Å². The van der Waals surface area contributed by atoms with E-state index in [1.54, 1.807) is 0 Å². The van der Waals surface area contributed by atoms with Crippen LogP contribution in [-0.2, 0) is 4.74 Å². The van der Waals surface area contributed by atoms with Crippen molar-refractivity contribution in [2.75, 3.05) is 13.8 Å². The van der Waals surface area contributed by atoms with Crippen LogP contribution < -0.4 is 5.73 Å². The lowest BCUT2D eigenvalue weighted by molar-refractivity contribution is 0.202. The number of nitrogens with one attached hydrogen (secondary N) is 1. The highest BCUT2D eigenvalue weighted by Gasteiger charge is 1.51. The van der Waals surface area contributed by atoms with Gasteiger partial charge in [0.1, 0.15) is 6.73 Å². The summed E-state index contributed by atoms with van der Waals surface area (Å²) in [7, 11) is 1.49. The molecular formula is C2H6NO. The maximum absolute atomic E-state index is 6.23. The zero-order valence-electron chi connectivity index (χ0n) is 2.62. The molecule has 0 heterocycles. The smallest absolute Gasteiger partial charge is 0.109 e. The van der Waals surface area contributed by atoms with Crippen molar-refractivity contribution in [3.8, 4) is 0 Å². The van der Waals surface area contributed by atoms with Crippen molar-refractivity contribution in [1.29, 1.82) is 0 Å². The molecule has 0 aromatic heterocycles. The fraction of sp³-hybridized carbons (Fsp3) is 1.00. The Balaban J connectivity index is 1.97. The van der Waals surface area contributed by atoms with Crippen LogP contribution in [0, 0.1) is 0 Å². The highest BCUT2D eigenvalue weighted by Crippen LogP contribution is 1.44. The molecule has 0 aliphatic rings. The summed E-state index contributed by atoms with van der Waals surface area (Å²) in [6.07, 6.45) is 0. The number of methoxy groups -OCH3 is 1. The van der Waals surface area contributed by atoms with E-state index in [-0.39, 0.29) is 6.73 Å². The van der Waals surface area contributed by atoms with Crippen LogP contribution in [0.15, 0.2) is 0 Å². The summed E-state index contributed by atoms with van der Waals surface area (Å²) in [4.78, 5) is 0. The Morgan fingerprint density at radius 3 is 2.25 bits per heavy atom. The molecule has 0 amide bonds. The summed E-state index contributed by atoms with van der Waals surface area (Å²) < 4.78 is 4.21. The molecule has 1 N–H and O–H groups in total. The topological polar surface area (TPSA) is 33.0 Å². The molecule has 2 nitrogen and oxygen atoms in total. The van der Waals surface area contributed by atoms with Crippen molar-refractivity contribution in [2.45, 2.75) is 0 Å². The lowest BCUT2D eigenvalue weighted by Gasteiger charge is -1.75. The summed E-state index contributed by atoms with van der Waals surface area (Å²) in [6, 6.07) is 0. The maximum atomic E-state index is 6.23. The van der Waals surface area contributed by atoms with Crippen molar-refractivity contribution >= 4 is 0 Å². The average Bonchev–Trinajstić information content (AvgIpc) is 1.37. The van der Waals surface area contributed by atoms with Gasteiger partial charge in [0.05, 0.1) is 0 Å². The summed E-state index contributed by atoms with van der Waals surface area (Å²) in [6.45, 7) is 0.0694. The molecule has 1 radical (unpaired) electrons. The van der Waals surface area contributed by atoms with Gasteiger partial charge in [0.2, 0.25) is 0 Å². The van der Waals surface area contributed by atoms with Crippen LogP contribution in [0.5, 0.6) is 0 Å². The number of rotatable bonds is 1. The van der Waals surface area contributed by atoms with Gasteiger partial charge in [-0.15, -0.1) is 0 Å². The number of hydrogen-bond donors (Lipinski definition) is 0. The van der Waals surface area contributed by atoms with Crippen molar-refractivity contribution in [3.05, 3.63) is 0 Å². The van der Waals surface area contributed by atoms with Gasteiger partial charge < -0.3 is 4.74 Å². The second-order valence-electron chi connectivity index (χ2n) is 0.433. The first kappa shape index (κ1) is 3.92. The molecule has 0 spiro atoms. The fourth-order valence-corrected chi connectivity index (χ4v) is 0. The molecule has 0 aliphatic heterocycles. The minimum Gasteiger partial charge on any atom is -0.368 e. The van der Waals surface area contributed by atoms with Crippen LogP contribution in [0.4, 0.5) is 0 Å². The molecule has 0 aliphatic carbocycles. The normalized spacial score (nSPS) is 7.50. The van der Waals surface area contributed by atoms with Gasteiger partial charge in [-0.05, 0) is 0 Å². The van der Waals surface area contributed by atoms with E-state index in [1.165, 1.54) is 7.11 Å². The molecule has 0 rings (SSSR count). The van der Waals surface area contributed by atoms with Gasteiger partial charge in [0.25, 0.3) is 0 Å². The highest BCUT2D eigenvalue weighted by molar-refractivity contribution is 3.86. The zero-order valence-corrected chi connectivity index (χ0v) is 2.62. The number of ether oxygens (including phenoxy) is 1. The Labute approximate surface area is 25.6 Å². The fourth-order valence-electron chi connectivity index (χ4n) is 0. The molecule has 0 fully saturated rings. The maximum Gasteiger partial charge on any atom is 0.109 e. The SMILES string of the molecule is COC[NH]. The van der Waals surface area contributed by atoms with Crippen molar-refractivity contribution < 1.29 is 4.74 Å². The molecule has 4 heavy (non-hydrogen) atoms. The van der Waals surface area contributed by atoms with E-state index in [1.807, 2.05) is 0 Å². The predicted molar refractivity (Wildman–Crippen MR) is 15.0 cm³/mol. The van der Waals surface area contributed by atoms with E-state index in [0.29, 0.717) is 0 Å². The van der Waals surface area contributed by atoms with E-state index in [2.05, 4.69) is 4.74 Å². The highest BCUT2D eigenvalue weighted by atomic mass is 16.5. The molecule has 0 saturated heterocycles. The quantitative estimate of drug-likeness (QED) is 0.415. The largest absolute Gasteiger partial charge is 0.368 e. The van der Waals surface area contributed by atoms with Gasteiger partial charge in [-0.2, -0.15) is 0 Å². The van der Waals surface area contributed by atoms with Crippen LogP contribution in [0.1, 0.15) is 0 Å². The third-order valence-corrected chi connectivity index (χ3v) is 0.144. The Morgan fingerprint density at radius 1 is 2.00 bits per heavy atom. The Hall–Kier alpha value is -0.0800. The second-order valence-corrected chi connectivity index (χ2v) is 0.433. The van der Waals surface area contributed by atoms with E-state index in [4.69, 9.17) is 5.73 Å². The second kappa shape index (κ2) is 2.92. The molecule has 0 aromatic carbocycles. The van der Waals surface area contributed by atoms with Crippen LogP contribution in [-0.4, -0.2) is 13.8 Å². The first-order valence-corrected chi connectivity index (χ1v) is 1.05. The van der Waals surface area contributed by atoms with Gasteiger partial charge in [-0.3, -0.25) is 0 Å².